The van der Waals surface area contributed by atoms with Crippen molar-refractivity contribution < 1.29 is 13.2 Å². The van der Waals surface area contributed by atoms with Gasteiger partial charge in [-0.3, -0.25) is 9.47 Å². The number of benzene rings is 1. The number of H-pyrrole nitrogens is 1. The molecule has 1 aliphatic rings. The lowest BCUT2D eigenvalue weighted by molar-refractivity contribution is 0.0860. The largest absolute Gasteiger partial charge is 0.493 e. The molecule has 2 N–H and O–H groups in total. The first-order valence-corrected chi connectivity index (χ1v) is 17.1. The lowest BCUT2D eigenvalue weighted by Crippen LogP contribution is -2.55. The SMILES string of the molecule is CCCOc1ccc(S(=O)(=O)NCC2(N(CC)CC)CCCCCC2)cc1-c1nc2c([nH]1)c1nncn1c(=O)n2CCC. The van der Waals surface area contributed by atoms with Crippen LogP contribution in [0.2, 0.25) is 0 Å². The van der Waals surface area contributed by atoms with E-state index in [1.807, 2.05) is 13.8 Å². The van der Waals surface area contributed by atoms with Gasteiger partial charge in [0.1, 0.15) is 23.4 Å². The highest BCUT2D eigenvalue weighted by atomic mass is 32.2. The zero-order valence-electron chi connectivity index (χ0n) is 25.7. The van der Waals surface area contributed by atoms with Gasteiger partial charge in [0.05, 0.1) is 17.1 Å². The highest BCUT2D eigenvalue weighted by Gasteiger charge is 2.37. The Bertz CT molecular complexity index is 1710. The smallest absolute Gasteiger partial charge is 0.336 e. The van der Waals surface area contributed by atoms with Crippen LogP contribution in [0.3, 0.4) is 0 Å². The maximum atomic E-state index is 13.8. The summed E-state index contributed by atoms with van der Waals surface area (Å²) < 4.78 is 39.7. The van der Waals surface area contributed by atoms with Crippen LogP contribution in [-0.4, -0.2) is 74.2 Å². The van der Waals surface area contributed by atoms with Crippen LogP contribution in [0.25, 0.3) is 28.2 Å². The molecule has 1 fully saturated rings. The molecule has 1 saturated carbocycles. The summed E-state index contributed by atoms with van der Waals surface area (Å²) in [6.07, 6.45) is 9.41. The van der Waals surface area contributed by atoms with Crippen molar-refractivity contribution in [2.45, 2.75) is 96.0 Å². The van der Waals surface area contributed by atoms with Gasteiger partial charge in [-0.2, -0.15) is 0 Å². The Kier molecular flexibility index (Phi) is 9.52. The Morgan fingerprint density at radius 1 is 1.05 bits per heavy atom. The van der Waals surface area contributed by atoms with Gasteiger partial charge >= 0.3 is 5.69 Å². The minimum absolute atomic E-state index is 0.133. The number of nitrogens with zero attached hydrogens (tertiary/aromatic N) is 6. The second-order valence-corrected chi connectivity index (χ2v) is 13.2. The van der Waals surface area contributed by atoms with Crippen molar-refractivity contribution in [2.24, 2.45) is 0 Å². The van der Waals surface area contributed by atoms with Crippen LogP contribution >= 0.6 is 0 Å². The molecule has 0 radical (unpaired) electrons. The molecule has 0 aliphatic heterocycles. The van der Waals surface area contributed by atoms with E-state index in [0.29, 0.717) is 53.6 Å². The van der Waals surface area contributed by atoms with E-state index < -0.39 is 10.0 Å². The van der Waals surface area contributed by atoms with E-state index in [0.717, 1.165) is 51.6 Å². The molecule has 3 aromatic heterocycles. The molecule has 234 valence electrons. The van der Waals surface area contributed by atoms with Crippen molar-refractivity contribution in [2.75, 3.05) is 26.2 Å². The van der Waals surface area contributed by atoms with Gasteiger partial charge < -0.3 is 9.72 Å². The molecule has 5 rings (SSSR count). The molecule has 0 spiro atoms. The molecule has 12 nitrogen and oxygen atoms in total. The summed E-state index contributed by atoms with van der Waals surface area (Å²) in [6, 6.07) is 4.87. The summed E-state index contributed by atoms with van der Waals surface area (Å²) in [4.78, 5) is 23.8. The van der Waals surface area contributed by atoms with Gasteiger partial charge in [-0.25, -0.2) is 27.3 Å². The third kappa shape index (κ3) is 6.07. The van der Waals surface area contributed by atoms with Gasteiger partial charge in [-0.15, -0.1) is 10.2 Å². The van der Waals surface area contributed by atoms with Crippen molar-refractivity contribution >= 4 is 26.8 Å². The Hall–Kier alpha value is -3.29. The number of fused-ring (bicyclic) bond motifs is 3. The molecular formula is C30H44N8O4S. The topological polar surface area (TPSA) is 140 Å². The maximum absolute atomic E-state index is 13.8. The quantitative estimate of drug-likeness (QED) is 0.213. The van der Waals surface area contributed by atoms with Gasteiger partial charge in [-0.1, -0.05) is 53.4 Å². The van der Waals surface area contributed by atoms with E-state index in [1.165, 1.54) is 23.6 Å². The average Bonchev–Trinajstić information content (AvgIpc) is 3.61. The zero-order valence-corrected chi connectivity index (χ0v) is 26.5. The normalized spacial score (nSPS) is 15.8. The fourth-order valence-corrected chi connectivity index (χ4v) is 7.58. The molecule has 0 unspecified atom stereocenters. The summed E-state index contributed by atoms with van der Waals surface area (Å²) >= 11 is 0. The van der Waals surface area contributed by atoms with Crippen LogP contribution in [-0.2, 0) is 16.6 Å². The zero-order chi connectivity index (χ0) is 30.6. The number of rotatable bonds is 13. The molecule has 3 heterocycles. The van der Waals surface area contributed by atoms with E-state index in [1.54, 1.807) is 22.8 Å². The monoisotopic (exact) mass is 612 g/mol. The Morgan fingerprint density at radius 2 is 1.79 bits per heavy atom. The Labute approximate surface area is 252 Å². The minimum Gasteiger partial charge on any atom is -0.493 e. The van der Waals surface area contributed by atoms with Crippen molar-refractivity contribution in [3.05, 3.63) is 35.0 Å². The first-order chi connectivity index (χ1) is 20.8. The molecule has 0 amide bonds. The standard InChI is InChI=1S/C30H44N8O4S/c1-5-17-37-27-25(28-35-31-21-38(28)29(37)39)33-26(34-27)23-19-22(13-14-24(23)42-18-6-2)43(40,41)32-20-30(36(7-3)8-4)15-11-9-10-12-16-30/h13-14,19,21,32H,5-12,15-18,20H2,1-4H3,(H,33,34). The van der Waals surface area contributed by atoms with E-state index in [9.17, 15) is 13.2 Å². The van der Waals surface area contributed by atoms with Crippen LogP contribution < -0.4 is 15.1 Å². The van der Waals surface area contributed by atoms with Crippen molar-refractivity contribution in [1.82, 2.24) is 38.8 Å². The number of nitrogens with one attached hydrogen (secondary N) is 2. The molecular weight excluding hydrogens is 568 g/mol. The highest BCUT2D eigenvalue weighted by molar-refractivity contribution is 7.89. The predicted octanol–water partition coefficient (Wildman–Crippen LogP) is 4.35. The van der Waals surface area contributed by atoms with Gasteiger partial charge in [0.2, 0.25) is 10.0 Å². The Morgan fingerprint density at radius 3 is 2.47 bits per heavy atom. The summed E-state index contributed by atoms with van der Waals surface area (Å²) in [5.41, 5.74) is 1.35. The van der Waals surface area contributed by atoms with E-state index in [-0.39, 0.29) is 16.1 Å². The van der Waals surface area contributed by atoms with Crippen LogP contribution in [0.15, 0.2) is 34.2 Å². The molecule has 43 heavy (non-hydrogen) atoms. The number of aryl methyl sites for hydroxylation is 1. The number of hydrogen-bond acceptors (Lipinski definition) is 8. The first kappa shape index (κ1) is 31.1. The van der Waals surface area contributed by atoms with E-state index in [4.69, 9.17) is 9.72 Å². The molecule has 13 heteroatoms. The number of imidazole rings is 1. The van der Waals surface area contributed by atoms with Crippen LogP contribution in [0.1, 0.15) is 79.1 Å². The number of ether oxygens (including phenoxy) is 1. The molecule has 1 aliphatic carbocycles. The predicted molar refractivity (Wildman–Crippen MR) is 167 cm³/mol. The third-order valence-corrected chi connectivity index (χ3v) is 10.0. The van der Waals surface area contributed by atoms with Crippen molar-refractivity contribution in [3.8, 4) is 17.1 Å². The fourth-order valence-electron chi connectivity index (χ4n) is 6.43. The number of hydrogen-bond donors (Lipinski definition) is 2. The molecule has 4 aromatic rings. The number of aromatic amines is 1. The molecule has 0 saturated heterocycles. The molecule has 1 aromatic carbocycles. The van der Waals surface area contributed by atoms with Gasteiger partial charge in [0.15, 0.2) is 11.3 Å². The van der Waals surface area contributed by atoms with Crippen LogP contribution in [0.5, 0.6) is 5.75 Å². The molecule has 0 atom stereocenters. The summed E-state index contributed by atoms with van der Waals surface area (Å²) in [6.45, 7) is 11.3. The maximum Gasteiger partial charge on any atom is 0.336 e. The Balaban J connectivity index is 1.56. The van der Waals surface area contributed by atoms with Crippen LogP contribution in [0, 0.1) is 0 Å². The fraction of sp³-hybridized carbons (Fsp3) is 0.600. The van der Waals surface area contributed by atoms with Crippen molar-refractivity contribution in [3.63, 3.8) is 0 Å². The summed E-state index contributed by atoms with van der Waals surface area (Å²) in [5.74, 6) is 0.895. The third-order valence-electron chi connectivity index (χ3n) is 8.63. The van der Waals surface area contributed by atoms with Gasteiger partial charge in [0, 0.05) is 18.6 Å². The lowest BCUT2D eigenvalue weighted by Gasteiger charge is -2.43. The second-order valence-electron chi connectivity index (χ2n) is 11.4. The average molecular weight is 613 g/mol. The highest BCUT2D eigenvalue weighted by Crippen LogP contribution is 2.35. The number of sulfonamides is 1. The minimum atomic E-state index is -3.86. The van der Waals surface area contributed by atoms with Crippen LogP contribution in [0.4, 0.5) is 0 Å². The number of likely N-dealkylation sites (N-methyl/N-ethyl adjacent to an activating group) is 1. The van der Waals surface area contributed by atoms with E-state index >= 15 is 0 Å². The second kappa shape index (κ2) is 13.1. The van der Waals surface area contributed by atoms with Gasteiger partial charge in [0.25, 0.3) is 0 Å². The summed E-state index contributed by atoms with van der Waals surface area (Å²) in [5, 5.41) is 8.07. The van der Waals surface area contributed by atoms with Crippen molar-refractivity contribution in [1.29, 1.82) is 0 Å². The first-order valence-electron chi connectivity index (χ1n) is 15.6. The van der Waals surface area contributed by atoms with Gasteiger partial charge in [-0.05, 0) is 57.0 Å². The van der Waals surface area contributed by atoms with E-state index in [2.05, 4.69) is 38.7 Å². The summed E-state index contributed by atoms with van der Waals surface area (Å²) in [7, 11) is -3.86. The lowest BCUT2D eigenvalue weighted by atomic mass is 9.88. The molecule has 0 bridgehead atoms. The number of aromatic nitrogens is 6.